The molecule has 7 heteroatoms. The maximum Gasteiger partial charge on any atom is 0.271 e. The van der Waals surface area contributed by atoms with Gasteiger partial charge in [-0.3, -0.25) is 19.9 Å². The molecular weight excluding hydrogens is 337 g/mol. The summed E-state index contributed by atoms with van der Waals surface area (Å²) in [5.41, 5.74) is -0.185. The second-order valence-electron chi connectivity index (χ2n) is 6.47. The van der Waals surface area contributed by atoms with Gasteiger partial charge in [0.15, 0.2) is 0 Å². The Labute approximate surface area is 150 Å². The molecule has 23 heavy (non-hydrogen) atoms. The molecule has 2 unspecified atom stereocenters. The van der Waals surface area contributed by atoms with E-state index in [-0.39, 0.29) is 29.7 Å². The molecule has 2 heterocycles. The molecule has 130 valence electrons. The zero-order valence-corrected chi connectivity index (χ0v) is 15.0. The minimum absolute atomic E-state index is 0. The number of nitro groups is 1. The topological polar surface area (TPSA) is 49.6 Å². The highest BCUT2D eigenvalue weighted by molar-refractivity contribution is 5.85. The summed E-state index contributed by atoms with van der Waals surface area (Å²) < 4.78 is 0. The lowest BCUT2D eigenvalue weighted by Crippen LogP contribution is -2.51. The molecule has 0 amide bonds. The summed E-state index contributed by atoms with van der Waals surface area (Å²) in [6, 6.07) is 10.00. The van der Waals surface area contributed by atoms with Crippen LogP contribution in [-0.4, -0.2) is 54.0 Å². The van der Waals surface area contributed by atoms with E-state index in [1.165, 1.54) is 6.42 Å². The van der Waals surface area contributed by atoms with Crippen molar-refractivity contribution >= 4 is 24.8 Å². The van der Waals surface area contributed by atoms with Crippen molar-refractivity contribution in [3.05, 3.63) is 46.0 Å². The summed E-state index contributed by atoms with van der Waals surface area (Å²) in [4.78, 5) is 16.4. The monoisotopic (exact) mass is 361 g/mol. The minimum Gasteiger partial charge on any atom is -0.298 e. The first kappa shape index (κ1) is 20.2. The van der Waals surface area contributed by atoms with Crippen LogP contribution in [0.25, 0.3) is 0 Å². The van der Waals surface area contributed by atoms with Crippen molar-refractivity contribution in [2.24, 2.45) is 0 Å². The van der Waals surface area contributed by atoms with Gasteiger partial charge in [0.1, 0.15) is 0 Å². The van der Waals surface area contributed by atoms with E-state index >= 15 is 0 Å². The Balaban J connectivity index is 0.00000132. The highest BCUT2D eigenvalue weighted by atomic mass is 35.5. The zero-order chi connectivity index (χ0) is 14.9. The minimum atomic E-state index is -1.01. The van der Waals surface area contributed by atoms with Gasteiger partial charge in [-0.1, -0.05) is 36.8 Å². The molecule has 0 N–H and O–H groups in total. The molecule has 2 atom stereocenters. The van der Waals surface area contributed by atoms with Crippen LogP contribution in [-0.2, 0) is 5.54 Å². The van der Waals surface area contributed by atoms with Crippen LogP contribution in [0.5, 0.6) is 0 Å². The van der Waals surface area contributed by atoms with Crippen molar-refractivity contribution < 1.29 is 4.92 Å². The molecule has 0 aliphatic carbocycles. The molecule has 3 rings (SSSR count). The fourth-order valence-electron chi connectivity index (χ4n) is 3.88. The first-order valence-corrected chi connectivity index (χ1v) is 7.74. The van der Waals surface area contributed by atoms with Crippen LogP contribution in [0.1, 0.15) is 24.8 Å². The van der Waals surface area contributed by atoms with E-state index in [4.69, 9.17) is 0 Å². The van der Waals surface area contributed by atoms with Crippen molar-refractivity contribution in [1.82, 2.24) is 9.80 Å². The van der Waals surface area contributed by atoms with Crippen LogP contribution in [0, 0.1) is 10.1 Å². The lowest BCUT2D eigenvalue weighted by Gasteiger charge is -2.36. The van der Waals surface area contributed by atoms with Gasteiger partial charge >= 0.3 is 0 Å². The normalized spacial score (nSPS) is 28.7. The Morgan fingerprint density at radius 2 is 1.87 bits per heavy atom. The average molecular weight is 362 g/mol. The Hall–Kier alpha value is -0.880. The third kappa shape index (κ3) is 3.97. The Kier molecular flexibility index (Phi) is 7.27. The second kappa shape index (κ2) is 8.29. The lowest BCUT2D eigenvalue weighted by atomic mass is 9.89. The molecule has 1 aromatic rings. The molecule has 0 spiro atoms. The third-order valence-corrected chi connectivity index (χ3v) is 4.93. The first-order valence-electron chi connectivity index (χ1n) is 7.74. The van der Waals surface area contributed by atoms with Crippen molar-refractivity contribution in [1.29, 1.82) is 0 Å². The zero-order valence-electron chi connectivity index (χ0n) is 13.4. The molecular formula is C16H25Cl2N3O2. The number of rotatable bonds is 2. The summed E-state index contributed by atoms with van der Waals surface area (Å²) in [6.07, 6.45) is 3.56. The number of fused-ring (bicyclic) bond motifs is 1. The summed E-state index contributed by atoms with van der Waals surface area (Å²) in [6.45, 7) is 2.93. The quantitative estimate of drug-likeness (QED) is 0.600. The molecule has 2 saturated heterocycles. The smallest absolute Gasteiger partial charge is 0.271 e. The van der Waals surface area contributed by atoms with Gasteiger partial charge in [0, 0.05) is 23.1 Å². The molecule has 0 bridgehead atoms. The summed E-state index contributed by atoms with van der Waals surface area (Å²) in [5.74, 6) is 0. The molecule has 5 nitrogen and oxygen atoms in total. The maximum atomic E-state index is 12.0. The fourth-order valence-corrected chi connectivity index (χ4v) is 3.88. The summed E-state index contributed by atoms with van der Waals surface area (Å²) in [5, 5.41) is 12.0. The van der Waals surface area contributed by atoms with Gasteiger partial charge in [-0.2, -0.15) is 0 Å². The Morgan fingerprint density at radius 1 is 1.17 bits per heavy atom. The molecule has 0 radical (unpaired) electrons. The Bertz CT molecular complexity index is 517. The predicted molar refractivity (Wildman–Crippen MR) is 96.3 cm³/mol. The van der Waals surface area contributed by atoms with Gasteiger partial charge in [-0.05, 0) is 26.4 Å². The molecule has 0 aromatic heterocycles. The first-order chi connectivity index (χ1) is 10.1. The van der Waals surface area contributed by atoms with Crippen molar-refractivity contribution in [2.75, 3.05) is 33.2 Å². The number of piperidine rings is 1. The van der Waals surface area contributed by atoms with Crippen molar-refractivity contribution in [3.63, 3.8) is 0 Å². The van der Waals surface area contributed by atoms with Crippen LogP contribution in [0.15, 0.2) is 30.3 Å². The molecule has 1 aromatic carbocycles. The van der Waals surface area contributed by atoms with E-state index in [1.54, 1.807) is 0 Å². The number of hydrogen-bond donors (Lipinski definition) is 0. The van der Waals surface area contributed by atoms with Gasteiger partial charge in [-0.25, -0.2) is 0 Å². The van der Waals surface area contributed by atoms with Gasteiger partial charge in [0.05, 0.1) is 13.1 Å². The third-order valence-electron chi connectivity index (χ3n) is 4.93. The number of benzene rings is 1. The van der Waals surface area contributed by atoms with Crippen LogP contribution in [0.3, 0.4) is 0 Å². The Morgan fingerprint density at radius 3 is 2.52 bits per heavy atom. The standard InChI is InChI=1S/C16H23N3O2.2ClH/c1-17-11-15-9-5-6-10-18(15)13-16(12-17,19(20)21)14-7-3-2-4-8-14;;/h2-4,7-8,15H,5-6,9-13H2,1H3;2*1H. The van der Waals surface area contributed by atoms with Crippen LogP contribution in [0.2, 0.25) is 0 Å². The number of halogens is 2. The van der Waals surface area contributed by atoms with E-state index < -0.39 is 5.54 Å². The maximum absolute atomic E-state index is 12.0. The summed E-state index contributed by atoms with van der Waals surface area (Å²) in [7, 11) is 2.01. The van der Waals surface area contributed by atoms with E-state index in [9.17, 15) is 10.1 Å². The number of nitrogens with zero attached hydrogens (tertiary/aromatic N) is 3. The lowest BCUT2D eigenvalue weighted by molar-refractivity contribution is -0.579. The summed E-state index contributed by atoms with van der Waals surface area (Å²) >= 11 is 0. The van der Waals surface area contributed by atoms with Crippen molar-refractivity contribution in [2.45, 2.75) is 30.8 Å². The van der Waals surface area contributed by atoms with E-state index in [0.29, 0.717) is 19.1 Å². The van der Waals surface area contributed by atoms with Crippen LogP contribution >= 0.6 is 24.8 Å². The van der Waals surface area contributed by atoms with Gasteiger partial charge in [0.25, 0.3) is 5.54 Å². The largest absolute Gasteiger partial charge is 0.298 e. The van der Waals surface area contributed by atoms with Crippen LogP contribution < -0.4 is 0 Å². The highest BCUT2D eigenvalue weighted by Crippen LogP contribution is 2.33. The second-order valence-corrected chi connectivity index (χ2v) is 6.47. The molecule has 0 saturated carbocycles. The molecule has 2 fully saturated rings. The molecule has 2 aliphatic heterocycles. The van der Waals surface area contributed by atoms with E-state index in [1.807, 2.05) is 37.4 Å². The number of likely N-dealkylation sites (N-methyl/N-ethyl adjacent to an activating group) is 1. The number of hydrogen-bond acceptors (Lipinski definition) is 4. The SMILES string of the molecule is CN1CC2CCCCN2CC(c2ccccc2)([N+](=O)[O-])C1.Cl.Cl. The molecule has 2 aliphatic rings. The van der Waals surface area contributed by atoms with Gasteiger partial charge in [0.2, 0.25) is 0 Å². The fraction of sp³-hybridized carbons (Fsp3) is 0.625. The highest BCUT2D eigenvalue weighted by Gasteiger charge is 2.50. The van der Waals surface area contributed by atoms with Gasteiger partial charge in [-0.15, -0.1) is 24.8 Å². The van der Waals surface area contributed by atoms with E-state index in [0.717, 1.165) is 31.5 Å². The average Bonchev–Trinajstić information content (AvgIpc) is 2.64. The van der Waals surface area contributed by atoms with E-state index in [2.05, 4.69) is 9.80 Å². The van der Waals surface area contributed by atoms with Gasteiger partial charge < -0.3 is 0 Å². The van der Waals surface area contributed by atoms with Crippen molar-refractivity contribution in [3.8, 4) is 0 Å². The van der Waals surface area contributed by atoms with Crippen LogP contribution in [0.4, 0.5) is 0 Å². The predicted octanol–water partition coefficient (Wildman–Crippen LogP) is 2.80.